The van der Waals surface area contributed by atoms with Gasteiger partial charge in [-0.15, -0.1) is 0 Å². The van der Waals surface area contributed by atoms with Crippen molar-refractivity contribution in [3.63, 3.8) is 0 Å². The summed E-state index contributed by atoms with van der Waals surface area (Å²) < 4.78 is 10.1. The van der Waals surface area contributed by atoms with Crippen molar-refractivity contribution >= 4 is 17.1 Å². The Hall–Kier alpha value is -1.88. The Bertz CT molecular complexity index is 548. The van der Waals surface area contributed by atoms with Gasteiger partial charge in [0.15, 0.2) is 11.5 Å². The van der Waals surface area contributed by atoms with Gasteiger partial charge in [-0.2, -0.15) is 0 Å². The number of benzene rings is 1. The highest BCUT2D eigenvalue weighted by Crippen LogP contribution is 2.21. The first-order chi connectivity index (χ1) is 8.15. The molecule has 0 radical (unpaired) electrons. The smallest absolute Gasteiger partial charge is 0.327 e. The molecule has 2 rings (SSSR count). The molecule has 90 valence electrons. The monoisotopic (exact) mass is 234 g/mol. The molecule has 5 heteroatoms. The molecule has 1 aromatic heterocycles. The number of hydrogen-bond acceptors (Lipinski definition) is 5. The molecule has 5 nitrogen and oxygen atoms in total. The van der Waals surface area contributed by atoms with Crippen LogP contribution in [0.15, 0.2) is 22.6 Å². The van der Waals surface area contributed by atoms with Crippen LogP contribution in [0.25, 0.3) is 11.1 Å². The van der Waals surface area contributed by atoms with Gasteiger partial charge >= 0.3 is 5.97 Å². The van der Waals surface area contributed by atoms with Gasteiger partial charge in [0.05, 0.1) is 7.11 Å². The molecule has 0 aliphatic carbocycles. The molecule has 0 bridgehead atoms. The summed E-state index contributed by atoms with van der Waals surface area (Å²) in [6.07, 6.45) is 0. The molecule has 1 atom stereocenters. The number of ether oxygens (including phenoxy) is 1. The van der Waals surface area contributed by atoms with E-state index < -0.39 is 6.04 Å². The van der Waals surface area contributed by atoms with Crippen LogP contribution in [0, 0.1) is 6.92 Å². The number of nitrogens with zero attached hydrogens (tertiary/aromatic N) is 1. The molecule has 0 fully saturated rings. The molecule has 0 aliphatic rings. The van der Waals surface area contributed by atoms with Gasteiger partial charge in [-0.05, 0) is 24.7 Å². The summed E-state index contributed by atoms with van der Waals surface area (Å²) in [6, 6.07) is 4.97. The van der Waals surface area contributed by atoms with Crippen molar-refractivity contribution in [2.24, 2.45) is 0 Å². The normalized spacial score (nSPS) is 12.6. The highest BCUT2D eigenvalue weighted by molar-refractivity contribution is 5.80. The molecule has 0 aliphatic heterocycles. The van der Waals surface area contributed by atoms with E-state index in [0.29, 0.717) is 11.5 Å². The molecule has 2 aromatic rings. The maximum Gasteiger partial charge on any atom is 0.327 e. The molecule has 17 heavy (non-hydrogen) atoms. The summed E-state index contributed by atoms with van der Waals surface area (Å²) in [6.45, 7) is 1.79. The van der Waals surface area contributed by atoms with Gasteiger partial charge in [0, 0.05) is 6.92 Å². The van der Waals surface area contributed by atoms with Crippen molar-refractivity contribution in [3.05, 3.63) is 29.7 Å². The van der Waals surface area contributed by atoms with Crippen LogP contribution in [-0.2, 0) is 9.53 Å². The summed E-state index contributed by atoms with van der Waals surface area (Å²) in [4.78, 5) is 15.8. The summed E-state index contributed by atoms with van der Waals surface area (Å²) in [5.74, 6) is 0.281. The standard InChI is InChI=1S/C12H14N2O3/c1-7-14-9-6-8(4-5-10(9)17-7)11(13-2)12(15)16-3/h4-6,11,13H,1-3H3. The SMILES string of the molecule is CNC(C(=O)OC)c1ccc2oc(C)nc2c1. The number of likely N-dealkylation sites (N-methyl/N-ethyl adjacent to an activating group) is 1. The summed E-state index contributed by atoms with van der Waals surface area (Å²) in [7, 11) is 3.07. The van der Waals surface area contributed by atoms with E-state index in [4.69, 9.17) is 9.15 Å². The summed E-state index contributed by atoms with van der Waals surface area (Å²) in [5, 5.41) is 2.91. The van der Waals surface area contributed by atoms with Crippen molar-refractivity contribution in [3.8, 4) is 0 Å². The number of hydrogen-bond donors (Lipinski definition) is 1. The van der Waals surface area contributed by atoms with Crippen LogP contribution in [0.2, 0.25) is 0 Å². The lowest BCUT2D eigenvalue weighted by Gasteiger charge is -2.13. The fourth-order valence-corrected chi connectivity index (χ4v) is 1.78. The van der Waals surface area contributed by atoms with Crippen LogP contribution in [0.3, 0.4) is 0 Å². The first-order valence-electron chi connectivity index (χ1n) is 5.28. The zero-order valence-electron chi connectivity index (χ0n) is 9.98. The Morgan fingerprint density at radius 2 is 2.29 bits per heavy atom. The number of methoxy groups -OCH3 is 1. The molecular weight excluding hydrogens is 220 g/mol. The second-order valence-electron chi connectivity index (χ2n) is 3.70. The topological polar surface area (TPSA) is 64.4 Å². The van der Waals surface area contributed by atoms with Gasteiger partial charge in [-0.3, -0.25) is 0 Å². The Kier molecular flexibility index (Phi) is 3.10. The number of aryl methyl sites for hydroxylation is 1. The van der Waals surface area contributed by atoms with E-state index in [1.807, 2.05) is 12.1 Å². The predicted molar refractivity (Wildman–Crippen MR) is 62.6 cm³/mol. The predicted octanol–water partition coefficient (Wildman–Crippen LogP) is 1.57. The van der Waals surface area contributed by atoms with Gasteiger partial charge in [0.1, 0.15) is 11.6 Å². The van der Waals surface area contributed by atoms with Crippen LogP contribution >= 0.6 is 0 Å². The quantitative estimate of drug-likeness (QED) is 0.817. The zero-order valence-corrected chi connectivity index (χ0v) is 9.98. The van der Waals surface area contributed by atoms with Gasteiger partial charge < -0.3 is 14.5 Å². The Labute approximate surface area is 98.8 Å². The van der Waals surface area contributed by atoms with Crippen molar-refractivity contribution in [2.45, 2.75) is 13.0 Å². The second-order valence-corrected chi connectivity index (χ2v) is 3.70. The molecular formula is C12H14N2O3. The Morgan fingerprint density at radius 3 is 2.94 bits per heavy atom. The molecule has 1 heterocycles. The number of rotatable bonds is 3. The average Bonchev–Trinajstić information content (AvgIpc) is 2.69. The van der Waals surface area contributed by atoms with Crippen LogP contribution in [0.5, 0.6) is 0 Å². The lowest BCUT2D eigenvalue weighted by molar-refractivity contribution is -0.143. The largest absolute Gasteiger partial charge is 0.468 e. The number of fused-ring (bicyclic) bond motifs is 1. The zero-order chi connectivity index (χ0) is 12.4. The number of carbonyl (C=O) groups is 1. The molecule has 0 saturated heterocycles. The maximum absolute atomic E-state index is 11.6. The molecule has 1 unspecified atom stereocenters. The third-order valence-electron chi connectivity index (χ3n) is 2.58. The van der Waals surface area contributed by atoms with E-state index in [2.05, 4.69) is 10.3 Å². The van der Waals surface area contributed by atoms with Gasteiger partial charge in [-0.1, -0.05) is 6.07 Å². The fourth-order valence-electron chi connectivity index (χ4n) is 1.78. The van der Waals surface area contributed by atoms with Crippen LogP contribution < -0.4 is 5.32 Å². The second kappa shape index (κ2) is 4.55. The van der Waals surface area contributed by atoms with Crippen molar-refractivity contribution in [1.82, 2.24) is 10.3 Å². The molecule has 0 spiro atoms. The van der Waals surface area contributed by atoms with E-state index in [1.165, 1.54) is 7.11 Å². The molecule has 0 saturated carbocycles. The van der Waals surface area contributed by atoms with E-state index >= 15 is 0 Å². The summed E-state index contributed by atoms with van der Waals surface area (Å²) >= 11 is 0. The highest BCUT2D eigenvalue weighted by Gasteiger charge is 2.20. The highest BCUT2D eigenvalue weighted by atomic mass is 16.5. The van der Waals surface area contributed by atoms with Crippen molar-refractivity contribution in [2.75, 3.05) is 14.2 Å². The third kappa shape index (κ3) is 2.14. The lowest BCUT2D eigenvalue weighted by Crippen LogP contribution is -2.26. The first kappa shape index (κ1) is 11.6. The van der Waals surface area contributed by atoms with Gasteiger partial charge in [-0.25, -0.2) is 9.78 Å². The third-order valence-corrected chi connectivity index (χ3v) is 2.58. The first-order valence-corrected chi connectivity index (χ1v) is 5.28. The number of esters is 1. The Morgan fingerprint density at radius 1 is 1.53 bits per heavy atom. The van der Waals surface area contributed by atoms with Crippen molar-refractivity contribution < 1.29 is 13.9 Å². The minimum Gasteiger partial charge on any atom is -0.468 e. The lowest BCUT2D eigenvalue weighted by atomic mass is 10.1. The number of carbonyl (C=O) groups excluding carboxylic acids is 1. The Balaban J connectivity index is 2.43. The maximum atomic E-state index is 11.6. The molecule has 0 amide bonds. The number of aromatic nitrogens is 1. The van der Waals surface area contributed by atoms with Gasteiger partial charge in [0.2, 0.25) is 0 Å². The van der Waals surface area contributed by atoms with E-state index in [1.54, 1.807) is 20.0 Å². The van der Waals surface area contributed by atoms with E-state index in [0.717, 1.165) is 11.1 Å². The average molecular weight is 234 g/mol. The minimum absolute atomic E-state index is 0.327. The van der Waals surface area contributed by atoms with Crippen LogP contribution in [0.4, 0.5) is 0 Å². The minimum atomic E-state index is -0.485. The van der Waals surface area contributed by atoms with Crippen LogP contribution in [0.1, 0.15) is 17.5 Å². The van der Waals surface area contributed by atoms with Gasteiger partial charge in [0.25, 0.3) is 0 Å². The van der Waals surface area contributed by atoms with E-state index in [9.17, 15) is 4.79 Å². The number of nitrogens with one attached hydrogen (secondary N) is 1. The van der Waals surface area contributed by atoms with Crippen molar-refractivity contribution in [1.29, 1.82) is 0 Å². The van der Waals surface area contributed by atoms with Crippen LogP contribution in [-0.4, -0.2) is 25.1 Å². The molecule has 1 aromatic carbocycles. The van der Waals surface area contributed by atoms with E-state index in [-0.39, 0.29) is 5.97 Å². The number of oxazole rings is 1. The fraction of sp³-hybridized carbons (Fsp3) is 0.333. The molecule has 1 N–H and O–H groups in total. The summed E-state index contributed by atoms with van der Waals surface area (Å²) in [5.41, 5.74) is 2.26.